The summed E-state index contributed by atoms with van der Waals surface area (Å²) in [5.74, 6) is 0.783. The highest BCUT2D eigenvalue weighted by Gasteiger charge is 2.23. The van der Waals surface area contributed by atoms with Crippen LogP contribution in [0.2, 0.25) is 0 Å². The van der Waals surface area contributed by atoms with Crippen LogP contribution in [-0.2, 0) is 14.3 Å². The molecule has 1 aliphatic rings. The van der Waals surface area contributed by atoms with Gasteiger partial charge in [-0.15, -0.1) is 0 Å². The van der Waals surface area contributed by atoms with Crippen molar-refractivity contribution < 1.29 is 28.5 Å². The van der Waals surface area contributed by atoms with Crippen LogP contribution in [0.5, 0.6) is 11.5 Å². The zero-order valence-corrected chi connectivity index (χ0v) is 19.1. The van der Waals surface area contributed by atoms with Gasteiger partial charge >= 0.3 is 5.97 Å². The quantitative estimate of drug-likeness (QED) is 0.512. The van der Waals surface area contributed by atoms with Gasteiger partial charge in [-0.3, -0.25) is 4.79 Å². The van der Waals surface area contributed by atoms with Crippen LogP contribution in [0.1, 0.15) is 23.0 Å². The molecule has 0 unspecified atom stereocenters. The molecule has 1 aromatic heterocycles. The number of aromatic nitrogens is 1. The largest absolute Gasteiger partial charge is 0.497 e. The average molecular weight is 453 g/mol. The number of fused-ring (bicyclic) bond motifs is 1. The predicted octanol–water partition coefficient (Wildman–Crippen LogP) is 3.36. The molecule has 174 valence electrons. The number of methoxy groups -OCH3 is 1. The number of carbonyl (C=O) groups excluding carboxylic acids is 2. The van der Waals surface area contributed by atoms with Crippen molar-refractivity contribution in [1.29, 1.82) is 0 Å². The number of rotatable bonds is 7. The molecular formula is C25H28N2O6. The molecule has 1 aliphatic heterocycles. The van der Waals surface area contributed by atoms with E-state index in [1.54, 1.807) is 25.0 Å². The Bertz CT molecular complexity index is 1150. The average Bonchev–Trinajstić information content (AvgIpc) is 3.14. The van der Waals surface area contributed by atoms with E-state index in [9.17, 15) is 9.59 Å². The summed E-state index contributed by atoms with van der Waals surface area (Å²) in [6.45, 7) is 6.09. The molecule has 0 atom stereocenters. The van der Waals surface area contributed by atoms with E-state index in [2.05, 4.69) is 0 Å². The maximum Gasteiger partial charge on any atom is 0.340 e. The lowest BCUT2D eigenvalue weighted by molar-refractivity contribution is -0.137. The number of hydrogen-bond acceptors (Lipinski definition) is 6. The molecule has 0 radical (unpaired) electrons. The van der Waals surface area contributed by atoms with Crippen molar-refractivity contribution in [3.8, 4) is 17.2 Å². The SMILES string of the molecule is CCOC(=O)c1c(C)n(-c2ccc(OC)cc2)c2ccc(OCC(=O)N3CCOCC3)cc12. The summed E-state index contributed by atoms with van der Waals surface area (Å²) in [6, 6.07) is 13.1. The van der Waals surface area contributed by atoms with Crippen LogP contribution < -0.4 is 9.47 Å². The fourth-order valence-electron chi connectivity index (χ4n) is 4.06. The van der Waals surface area contributed by atoms with E-state index in [0.717, 1.165) is 22.6 Å². The summed E-state index contributed by atoms with van der Waals surface area (Å²) in [5, 5.41) is 0.707. The van der Waals surface area contributed by atoms with E-state index >= 15 is 0 Å². The molecule has 33 heavy (non-hydrogen) atoms. The molecule has 8 nitrogen and oxygen atoms in total. The smallest absolute Gasteiger partial charge is 0.340 e. The Morgan fingerprint density at radius 3 is 2.39 bits per heavy atom. The number of nitrogens with zero attached hydrogens (tertiary/aromatic N) is 2. The van der Waals surface area contributed by atoms with Crippen LogP contribution in [0.4, 0.5) is 0 Å². The van der Waals surface area contributed by atoms with Crippen LogP contribution in [0.15, 0.2) is 42.5 Å². The van der Waals surface area contributed by atoms with Gasteiger partial charge in [-0.05, 0) is 56.3 Å². The number of amides is 1. The van der Waals surface area contributed by atoms with Gasteiger partial charge in [-0.25, -0.2) is 4.79 Å². The van der Waals surface area contributed by atoms with Crippen LogP contribution in [0, 0.1) is 6.92 Å². The van der Waals surface area contributed by atoms with Gasteiger partial charge in [0.05, 0.1) is 38.0 Å². The van der Waals surface area contributed by atoms with Crippen LogP contribution >= 0.6 is 0 Å². The highest BCUT2D eigenvalue weighted by atomic mass is 16.5. The van der Waals surface area contributed by atoms with Crippen molar-refractivity contribution >= 4 is 22.8 Å². The second kappa shape index (κ2) is 9.95. The van der Waals surface area contributed by atoms with Gasteiger partial charge in [0.1, 0.15) is 11.5 Å². The molecule has 3 aromatic rings. The minimum Gasteiger partial charge on any atom is -0.497 e. The lowest BCUT2D eigenvalue weighted by Gasteiger charge is -2.26. The van der Waals surface area contributed by atoms with Gasteiger partial charge in [0.15, 0.2) is 6.61 Å². The molecule has 0 N–H and O–H groups in total. The number of esters is 1. The zero-order valence-electron chi connectivity index (χ0n) is 19.1. The molecule has 0 spiro atoms. The zero-order chi connectivity index (χ0) is 23.4. The first-order chi connectivity index (χ1) is 16.0. The van der Waals surface area contributed by atoms with Gasteiger partial charge in [0.25, 0.3) is 5.91 Å². The third-order valence-corrected chi connectivity index (χ3v) is 5.71. The molecular weight excluding hydrogens is 424 g/mol. The highest BCUT2D eigenvalue weighted by molar-refractivity contribution is 6.07. The second-order valence-electron chi connectivity index (χ2n) is 7.68. The molecule has 4 rings (SSSR count). The second-order valence-corrected chi connectivity index (χ2v) is 7.68. The molecule has 1 amide bonds. The van der Waals surface area contributed by atoms with E-state index in [-0.39, 0.29) is 19.1 Å². The molecule has 1 saturated heterocycles. The standard InChI is InChI=1S/C25H28N2O6/c1-4-32-25(29)24-17(2)27(18-5-7-19(30-3)8-6-18)22-10-9-20(15-21(22)24)33-16-23(28)26-11-13-31-14-12-26/h5-10,15H,4,11-14,16H2,1-3H3. The number of ether oxygens (including phenoxy) is 4. The molecule has 2 heterocycles. The van der Waals surface area contributed by atoms with Gasteiger partial charge < -0.3 is 28.4 Å². The third-order valence-electron chi connectivity index (χ3n) is 5.71. The Balaban J connectivity index is 1.68. The Labute approximate surface area is 192 Å². The van der Waals surface area contributed by atoms with E-state index in [4.69, 9.17) is 18.9 Å². The molecule has 2 aromatic carbocycles. The van der Waals surface area contributed by atoms with Crippen molar-refractivity contribution in [2.75, 3.05) is 46.6 Å². The topological polar surface area (TPSA) is 79.2 Å². The van der Waals surface area contributed by atoms with Crippen LogP contribution in [0.3, 0.4) is 0 Å². The Kier molecular flexibility index (Phi) is 6.84. The minimum absolute atomic E-state index is 0.0710. The maximum absolute atomic E-state index is 12.8. The van der Waals surface area contributed by atoms with E-state index in [0.29, 0.717) is 43.0 Å². The van der Waals surface area contributed by atoms with Crippen LogP contribution in [-0.4, -0.2) is 68.0 Å². The highest BCUT2D eigenvalue weighted by Crippen LogP contribution is 2.33. The predicted molar refractivity (Wildman–Crippen MR) is 123 cm³/mol. The van der Waals surface area contributed by atoms with Crippen molar-refractivity contribution in [2.45, 2.75) is 13.8 Å². The number of carbonyl (C=O) groups is 2. The first-order valence-electron chi connectivity index (χ1n) is 11.0. The van der Waals surface area contributed by atoms with Crippen molar-refractivity contribution in [1.82, 2.24) is 9.47 Å². The fourth-order valence-corrected chi connectivity index (χ4v) is 4.06. The summed E-state index contributed by atoms with van der Waals surface area (Å²) in [6.07, 6.45) is 0. The van der Waals surface area contributed by atoms with Gasteiger partial charge in [0.2, 0.25) is 0 Å². The third kappa shape index (κ3) is 4.66. The number of morpholine rings is 1. The molecule has 1 fully saturated rings. The number of hydrogen-bond donors (Lipinski definition) is 0. The normalized spacial score (nSPS) is 13.7. The van der Waals surface area contributed by atoms with E-state index in [1.165, 1.54) is 0 Å². The molecule has 8 heteroatoms. The Hall–Kier alpha value is -3.52. The summed E-state index contributed by atoms with van der Waals surface area (Å²) in [5.41, 5.74) is 2.97. The lowest BCUT2D eigenvalue weighted by atomic mass is 10.1. The summed E-state index contributed by atoms with van der Waals surface area (Å²) < 4.78 is 23.7. The molecule has 0 bridgehead atoms. The van der Waals surface area contributed by atoms with E-state index in [1.807, 2.05) is 47.9 Å². The van der Waals surface area contributed by atoms with E-state index < -0.39 is 5.97 Å². The first kappa shape index (κ1) is 22.7. The van der Waals surface area contributed by atoms with Crippen molar-refractivity contribution in [3.63, 3.8) is 0 Å². The molecule has 0 aliphatic carbocycles. The van der Waals surface area contributed by atoms with Crippen molar-refractivity contribution in [3.05, 3.63) is 53.7 Å². The fraction of sp³-hybridized carbons (Fsp3) is 0.360. The minimum atomic E-state index is -0.395. The van der Waals surface area contributed by atoms with Gasteiger partial charge in [0, 0.05) is 29.9 Å². The Morgan fingerprint density at radius 2 is 1.73 bits per heavy atom. The first-order valence-corrected chi connectivity index (χ1v) is 11.0. The maximum atomic E-state index is 12.8. The Morgan fingerprint density at radius 1 is 1.03 bits per heavy atom. The number of benzene rings is 2. The van der Waals surface area contributed by atoms with Gasteiger partial charge in [-0.1, -0.05) is 0 Å². The summed E-state index contributed by atoms with van der Waals surface area (Å²) in [7, 11) is 1.62. The lowest BCUT2D eigenvalue weighted by Crippen LogP contribution is -2.42. The van der Waals surface area contributed by atoms with Gasteiger partial charge in [-0.2, -0.15) is 0 Å². The van der Waals surface area contributed by atoms with Crippen molar-refractivity contribution in [2.24, 2.45) is 0 Å². The monoisotopic (exact) mass is 452 g/mol. The molecule has 0 saturated carbocycles. The van der Waals surface area contributed by atoms with Crippen LogP contribution in [0.25, 0.3) is 16.6 Å². The summed E-state index contributed by atoms with van der Waals surface area (Å²) in [4.78, 5) is 27.0. The summed E-state index contributed by atoms with van der Waals surface area (Å²) >= 11 is 0.